The highest BCUT2D eigenvalue weighted by Gasteiger charge is 2.21. The van der Waals surface area contributed by atoms with Crippen LogP contribution in [-0.2, 0) is 11.2 Å². The molecule has 1 aromatic heterocycles. The van der Waals surface area contributed by atoms with Gasteiger partial charge in [0.05, 0.1) is 17.9 Å². The summed E-state index contributed by atoms with van der Waals surface area (Å²) in [5.74, 6) is 1.77. The molecule has 3 N–H and O–H groups in total. The van der Waals surface area contributed by atoms with E-state index in [1.165, 1.54) is 5.56 Å². The number of hydrogen-bond acceptors (Lipinski definition) is 5. The van der Waals surface area contributed by atoms with Crippen molar-refractivity contribution in [3.05, 3.63) is 78.0 Å². The number of carbonyl (C=O) groups excluding carboxylic acids is 1. The van der Waals surface area contributed by atoms with Crippen LogP contribution < -0.4 is 20.5 Å². The molecule has 0 saturated carbocycles. The minimum Gasteiger partial charge on any atom is -0.485 e. The first-order valence-corrected chi connectivity index (χ1v) is 9.63. The number of amides is 1. The number of anilines is 1. The zero-order chi connectivity index (χ0) is 20.2. The van der Waals surface area contributed by atoms with Gasteiger partial charge in [0.2, 0.25) is 11.8 Å². The standard InChI is InChI=1S/C23H23N3O3/c1-15(24)23(27)26-18-8-12-22(25-14-18)28-19-9-11-21-17(13-19)7-10-20(29-21)16-5-3-2-4-6-16/h2-6,8-9,11-15,20H,7,10,24H2,1H3,(H,26,27)/t15?,20-/m0/s1. The van der Waals surface area contributed by atoms with Crippen LogP contribution in [0.15, 0.2) is 66.9 Å². The second-order valence-corrected chi connectivity index (χ2v) is 7.09. The van der Waals surface area contributed by atoms with Crippen molar-refractivity contribution in [2.75, 3.05) is 5.32 Å². The normalized spacial score (nSPS) is 16.3. The zero-order valence-electron chi connectivity index (χ0n) is 16.2. The van der Waals surface area contributed by atoms with Crippen LogP contribution in [0.5, 0.6) is 17.4 Å². The van der Waals surface area contributed by atoms with Crippen LogP contribution in [0, 0.1) is 0 Å². The summed E-state index contributed by atoms with van der Waals surface area (Å²) in [6.45, 7) is 1.63. The Morgan fingerprint density at radius 3 is 2.76 bits per heavy atom. The molecule has 1 aliphatic rings. The maximum Gasteiger partial charge on any atom is 0.241 e. The van der Waals surface area contributed by atoms with Gasteiger partial charge in [0.25, 0.3) is 0 Å². The van der Waals surface area contributed by atoms with Gasteiger partial charge >= 0.3 is 0 Å². The van der Waals surface area contributed by atoms with E-state index < -0.39 is 6.04 Å². The van der Waals surface area contributed by atoms with Crippen molar-refractivity contribution in [2.45, 2.75) is 31.9 Å². The molecule has 0 saturated heterocycles. The minimum absolute atomic E-state index is 0.0797. The van der Waals surface area contributed by atoms with Gasteiger partial charge in [0.15, 0.2) is 0 Å². The third-order valence-electron chi connectivity index (χ3n) is 4.79. The lowest BCUT2D eigenvalue weighted by atomic mass is 9.97. The molecule has 0 radical (unpaired) electrons. The molecule has 0 aliphatic carbocycles. The van der Waals surface area contributed by atoms with E-state index in [2.05, 4.69) is 22.4 Å². The van der Waals surface area contributed by atoms with Crippen molar-refractivity contribution in [1.82, 2.24) is 4.98 Å². The monoisotopic (exact) mass is 389 g/mol. The van der Waals surface area contributed by atoms with Crippen molar-refractivity contribution in [2.24, 2.45) is 5.73 Å². The van der Waals surface area contributed by atoms with Gasteiger partial charge in [-0.2, -0.15) is 0 Å². The highest BCUT2D eigenvalue weighted by molar-refractivity contribution is 5.94. The molecule has 1 unspecified atom stereocenters. The summed E-state index contributed by atoms with van der Waals surface area (Å²) in [6.07, 6.45) is 3.46. The molecule has 2 aromatic carbocycles. The number of nitrogens with two attached hydrogens (primary N) is 1. The fraction of sp³-hybridized carbons (Fsp3) is 0.217. The third kappa shape index (κ3) is 4.55. The quantitative estimate of drug-likeness (QED) is 0.682. The SMILES string of the molecule is CC(N)C(=O)Nc1ccc(Oc2ccc3c(c2)CC[C@@H](c2ccccc2)O3)nc1. The first kappa shape index (κ1) is 19.0. The second kappa shape index (κ2) is 8.32. The van der Waals surface area contributed by atoms with E-state index in [0.29, 0.717) is 17.3 Å². The van der Waals surface area contributed by atoms with Crippen molar-refractivity contribution >= 4 is 11.6 Å². The van der Waals surface area contributed by atoms with Crippen LogP contribution in [0.4, 0.5) is 5.69 Å². The average Bonchev–Trinajstić information content (AvgIpc) is 2.75. The van der Waals surface area contributed by atoms with Gasteiger partial charge in [0.1, 0.15) is 17.6 Å². The van der Waals surface area contributed by atoms with E-state index >= 15 is 0 Å². The lowest BCUT2D eigenvalue weighted by Gasteiger charge is -2.26. The van der Waals surface area contributed by atoms with Gasteiger partial charge in [-0.3, -0.25) is 4.79 Å². The van der Waals surface area contributed by atoms with Gasteiger partial charge in [-0.25, -0.2) is 4.98 Å². The summed E-state index contributed by atoms with van der Waals surface area (Å²) in [4.78, 5) is 15.9. The number of fused-ring (bicyclic) bond motifs is 1. The van der Waals surface area contributed by atoms with Crippen molar-refractivity contribution in [1.29, 1.82) is 0 Å². The number of pyridine rings is 1. The Morgan fingerprint density at radius 2 is 2.03 bits per heavy atom. The number of aryl methyl sites for hydroxylation is 1. The largest absolute Gasteiger partial charge is 0.485 e. The highest BCUT2D eigenvalue weighted by atomic mass is 16.5. The number of carbonyl (C=O) groups is 1. The molecular weight excluding hydrogens is 366 g/mol. The number of aromatic nitrogens is 1. The van der Waals surface area contributed by atoms with Gasteiger partial charge in [0, 0.05) is 6.07 Å². The number of benzene rings is 2. The zero-order valence-corrected chi connectivity index (χ0v) is 16.2. The molecule has 2 heterocycles. The van der Waals surface area contributed by atoms with Gasteiger partial charge in [-0.15, -0.1) is 0 Å². The highest BCUT2D eigenvalue weighted by Crippen LogP contribution is 2.37. The van der Waals surface area contributed by atoms with E-state index in [1.807, 2.05) is 36.4 Å². The summed E-state index contributed by atoms with van der Waals surface area (Å²) in [5, 5.41) is 2.69. The molecule has 4 rings (SSSR count). The Labute approximate surface area is 169 Å². The molecule has 1 aliphatic heterocycles. The Balaban J connectivity index is 1.42. The van der Waals surface area contributed by atoms with Crippen molar-refractivity contribution < 1.29 is 14.3 Å². The fourth-order valence-corrected chi connectivity index (χ4v) is 3.22. The number of hydrogen-bond donors (Lipinski definition) is 2. The number of ether oxygens (including phenoxy) is 2. The Bertz CT molecular complexity index is 988. The molecule has 2 atom stereocenters. The predicted molar refractivity (Wildman–Crippen MR) is 111 cm³/mol. The molecule has 29 heavy (non-hydrogen) atoms. The third-order valence-corrected chi connectivity index (χ3v) is 4.79. The van der Waals surface area contributed by atoms with E-state index in [0.717, 1.165) is 24.2 Å². The smallest absolute Gasteiger partial charge is 0.241 e. The molecular formula is C23H23N3O3. The van der Waals surface area contributed by atoms with E-state index in [1.54, 1.807) is 25.3 Å². The van der Waals surface area contributed by atoms with Crippen LogP contribution in [0.25, 0.3) is 0 Å². The lowest BCUT2D eigenvalue weighted by molar-refractivity contribution is -0.117. The Kier molecular flexibility index (Phi) is 5.44. The van der Waals surface area contributed by atoms with E-state index in [4.69, 9.17) is 15.2 Å². The molecule has 3 aromatic rings. The molecule has 0 bridgehead atoms. The Hall–Kier alpha value is -3.38. The molecule has 6 heteroatoms. The molecule has 6 nitrogen and oxygen atoms in total. The maximum atomic E-state index is 11.6. The van der Waals surface area contributed by atoms with Crippen LogP contribution in [0.2, 0.25) is 0 Å². The summed E-state index contributed by atoms with van der Waals surface area (Å²) in [6, 6.07) is 18.9. The van der Waals surface area contributed by atoms with Gasteiger partial charge < -0.3 is 20.5 Å². The first-order valence-electron chi connectivity index (χ1n) is 9.63. The number of nitrogens with one attached hydrogen (secondary N) is 1. The summed E-state index contributed by atoms with van der Waals surface area (Å²) in [5.41, 5.74) is 8.43. The van der Waals surface area contributed by atoms with Gasteiger partial charge in [-0.05, 0) is 55.2 Å². The molecule has 0 fully saturated rings. The van der Waals surface area contributed by atoms with Crippen LogP contribution in [0.1, 0.15) is 30.6 Å². The summed E-state index contributed by atoms with van der Waals surface area (Å²) in [7, 11) is 0. The van der Waals surface area contributed by atoms with Crippen molar-refractivity contribution in [3.8, 4) is 17.4 Å². The average molecular weight is 389 g/mol. The molecule has 0 spiro atoms. The maximum absolute atomic E-state index is 11.6. The van der Waals surface area contributed by atoms with Gasteiger partial charge in [-0.1, -0.05) is 30.3 Å². The van der Waals surface area contributed by atoms with Crippen LogP contribution >= 0.6 is 0 Å². The topological polar surface area (TPSA) is 86.5 Å². The molecule has 148 valence electrons. The minimum atomic E-state index is -0.579. The number of nitrogens with zero attached hydrogens (tertiary/aromatic N) is 1. The number of rotatable bonds is 5. The predicted octanol–water partition coefficient (Wildman–Crippen LogP) is 4.23. The van der Waals surface area contributed by atoms with Crippen LogP contribution in [0.3, 0.4) is 0 Å². The van der Waals surface area contributed by atoms with E-state index in [9.17, 15) is 4.79 Å². The molecule has 1 amide bonds. The van der Waals surface area contributed by atoms with E-state index in [-0.39, 0.29) is 12.0 Å². The second-order valence-electron chi connectivity index (χ2n) is 7.09. The summed E-state index contributed by atoms with van der Waals surface area (Å²) >= 11 is 0. The fourth-order valence-electron chi connectivity index (χ4n) is 3.22. The van der Waals surface area contributed by atoms with Crippen molar-refractivity contribution in [3.63, 3.8) is 0 Å². The van der Waals surface area contributed by atoms with Crippen LogP contribution in [-0.4, -0.2) is 16.9 Å². The summed E-state index contributed by atoms with van der Waals surface area (Å²) < 4.78 is 12.0. The first-order chi connectivity index (χ1) is 14.1. The lowest BCUT2D eigenvalue weighted by Crippen LogP contribution is -2.32. The Morgan fingerprint density at radius 1 is 1.21 bits per heavy atom.